The van der Waals surface area contributed by atoms with Crippen molar-refractivity contribution in [2.45, 2.75) is 0 Å². The monoisotopic (exact) mass is 651 g/mol. The molecule has 238 valence electrons. The molecular weight excluding hydrogens is 623 g/mol. The number of nitrogens with zero attached hydrogens (tertiary/aromatic N) is 3. The lowest BCUT2D eigenvalue weighted by Crippen LogP contribution is -2.00. The first-order valence-electron chi connectivity index (χ1n) is 17.1. The smallest absolute Gasteiger partial charge is 0.164 e. The predicted molar refractivity (Wildman–Crippen MR) is 209 cm³/mol. The summed E-state index contributed by atoms with van der Waals surface area (Å²) in [6.07, 6.45) is 0. The van der Waals surface area contributed by atoms with Gasteiger partial charge in [0.15, 0.2) is 17.5 Å². The van der Waals surface area contributed by atoms with Crippen LogP contribution in [0.25, 0.3) is 99.9 Å². The maximum atomic E-state index is 6.68. The highest BCUT2D eigenvalue weighted by atomic mass is 16.3. The molecule has 10 rings (SSSR count). The van der Waals surface area contributed by atoms with Gasteiger partial charge in [0.25, 0.3) is 0 Å². The molecule has 2 heterocycles. The van der Waals surface area contributed by atoms with Gasteiger partial charge in [0, 0.05) is 33.0 Å². The minimum absolute atomic E-state index is 0.597. The molecule has 0 bridgehead atoms. The van der Waals surface area contributed by atoms with Crippen LogP contribution in [0.5, 0.6) is 0 Å². The Balaban J connectivity index is 1.12. The fraction of sp³-hybridized carbons (Fsp3) is 0. The highest BCUT2D eigenvalue weighted by Crippen LogP contribution is 2.43. The van der Waals surface area contributed by atoms with Crippen LogP contribution in [0.3, 0.4) is 0 Å². The van der Waals surface area contributed by atoms with Crippen molar-refractivity contribution in [1.29, 1.82) is 0 Å². The molecule has 0 atom stereocenters. The number of rotatable bonds is 5. The van der Waals surface area contributed by atoms with Crippen LogP contribution >= 0.6 is 0 Å². The van der Waals surface area contributed by atoms with Gasteiger partial charge in [0.2, 0.25) is 0 Å². The Bertz CT molecular complexity index is 2840. The highest BCUT2D eigenvalue weighted by molar-refractivity contribution is 6.21. The third kappa shape index (κ3) is 5.13. The van der Waals surface area contributed by atoms with Crippen LogP contribution in [0.1, 0.15) is 0 Å². The lowest BCUT2D eigenvalue weighted by Gasteiger charge is -2.11. The third-order valence-corrected chi connectivity index (χ3v) is 9.70. The first-order valence-corrected chi connectivity index (χ1v) is 17.1. The average Bonchev–Trinajstić information content (AvgIpc) is 3.57. The maximum absolute atomic E-state index is 6.68. The van der Waals surface area contributed by atoms with Gasteiger partial charge in [-0.05, 0) is 62.5 Å². The molecule has 0 saturated heterocycles. The number of furan rings is 1. The van der Waals surface area contributed by atoms with Gasteiger partial charge in [-0.15, -0.1) is 0 Å². The van der Waals surface area contributed by atoms with Gasteiger partial charge in [-0.25, -0.2) is 15.0 Å². The Morgan fingerprint density at radius 3 is 1.57 bits per heavy atom. The van der Waals surface area contributed by atoms with Gasteiger partial charge in [-0.3, -0.25) is 0 Å². The van der Waals surface area contributed by atoms with E-state index in [-0.39, 0.29) is 0 Å². The Morgan fingerprint density at radius 1 is 0.314 bits per heavy atom. The topological polar surface area (TPSA) is 51.8 Å². The van der Waals surface area contributed by atoms with Gasteiger partial charge in [-0.2, -0.15) is 0 Å². The summed E-state index contributed by atoms with van der Waals surface area (Å²) in [5.74, 6) is 1.86. The van der Waals surface area contributed by atoms with E-state index in [1.165, 1.54) is 27.3 Å². The Kier molecular flexibility index (Phi) is 6.78. The van der Waals surface area contributed by atoms with E-state index in [0.717, 1.165) is 55.1 Å². The second-order valence-corrected chi connectivity index (χ2v) is 12.8. The molecule has 0 spiro atoms. The fourth-order valence-electron chi connectivity index (χ4n) is 7.18. The molecule has 0 aliphatic heterocycles. The van der Waals surface area contributed by atoms with Gasteiger partial charge >= 0.3 is 0 Å². The molecule has 0 radical (unpaired) electrons. The molecule has 0 unspecified atom stereocenters. The van der Waals surface area contributed by atoms with E-state index in [0.29, 0.717) is 17.5 Å². The molecule has 51 heavy (non-hydrogen) atoms. The number of aromatic nitrogens is 3. The summed E-state index contributed by atoms with van der Waals surface area (Å²) in [4.78, 5) is 14.8. The molecule has 0 amide bonds. The lowest BCUT2D eigenvalue weighted by atomic mass is 9.92. The van der Waals surface area contributed by atoms with E-state index in [1.807, 2.05) is 60.7 Å². The highest BCUT2D eigenvalue weighted by Gasteiger charge is 2.19. The molecule has 8 aromatic carbocycles. The molecule has 0 N–H and O–H groups in total. The summed E-state index contributed by atoms with van der Waals surface area (Å²) in [6.45, 7) is 0. The Morgan fingerprint density at radius 2 is 0.863 bits per heavy atom. The van der Waals surface area contributed by atoms with Crippen molar-refractivity contribution in [3.05, 3.63) is 176 Å². The zero-order chi connectivity index (χ0) is 33.7. The van der Waals surface area contributed by atoms with E-state index in [9.17, 15) is 0 Å². The summed E-state index contributed by atoms with van der Waals surface area (Å²) in [6, 6.07) is 61.2. The minimum atomic E-state index is 0.597. The molecular formula is C47H29N3O. The van der Waals surface area contributed by atoms with Crippen LogP contribution in [0.15, 0.2) is 180 Å². The maximum Gasteiger partial charge on any atom is 0.164 e. The van der Waals surface area contributed by atoms with Gasteiger partial charge in [0.05, 0.1) is 0 Å². The second-order valence-electron chi connectivity index (χ2n) is 12.8. The standard InChI is InChI=1S/C47H29N3O/c1-3-12-33(13-4-1)45-48-46(34-14-5-2-6-15-34)50-47(49-45)38-25-26-40-41(29-38)51-42-28-37-17-9-10-18-39(37)43(44(40)42)32-22-19-31(20-23-32)36-24-21-30-11-7-8-16-35(30)27-36/h1-29H. The van der Waals surface area contributed by atoms with Crippen molar-refractivity contribution in [2.75, 3.05) is 0 Å². The number of hydrogen-bond acceptors (Lipinski definition) is 4. The summed E-state index contributed by atoms with van der Waals surface area (Å²) >= 11 is 0. The van der Waals surface area contributed by atoms with Crippen LogP contribution < -0.4 is 0 Å². The fourth-order valence-corrected chi connectivity index (χ4v) is 7.18. The van der Waals surface area contributed by atoms with E-state index >= 15 is 0 Å². The molecule has 0 saturated carbocycles. The van der Waals surface area contributed by atoms with E-state index in [1.54, 1.807) is 0 Å². The third-order valence-electron chi connectivity index (χ3n) is 9.70. The Labute approximate surface area is 294 Å². The molecule has 2 aromatic heterocycles. The van der Waals surface area contributed by atoms with Crippen LogP contribution in [-0.4, -0.2) is 15.0 Å². The van der Waals surface area contributed by atoms with Crippen molar-refractivity contribution in [3.8, 4) is 56.4 Å². The number of fused-ring (bicyclic) bond motifs is 5. The predicted octanol–water partition coefficient (Wildman–Crippen LogP) is 12.4. The lowest BCUT2D eigenvalue weighted by molar-refractivity contribution is 0.669. The van der Waals surface area contributed by atoms with Crippen molar-refractivity contribution in [3.63, 3.8) is 0 Å². The van der Waals surface area contributed by atoms with Crippen LogP contribution in [0, 0.1) is 0 Å². The van der Waals surface area contributed by atoms with Crippen LogP contribution in [0.4, 0.5) is 0 Å². The molecule has 0 aliphatic carbocycles. The summed E-state index contributed by atoms with van der Waals surface area (Å²) in [5, 5.41) is 6.95. The van der Waals surface area contributed by atoms with E-state index in [4.69, 9.17) is 19.4 Å². The average molecular weight is 652 g/mol. The quantitative estimate of drug-likeness (QED) is 0.186. The van der Waals surface area contributed by atoms with Gasteiger partial charge < -0.3 is 4.42 Å². The molecule has 4 heteroatoms. The van der Waals surface area contributed by atoms with E-state index < -0.39 is 0 Å². The molecule has 0 fully saturated rings. The zero-order valence-electron chi connectivity index (χ0n) is 27.5. The zero-order valence-corrected chi connectivity index (χ0v) is 27.5. The number of hydrogen-bond donors (Lipinski definition) is 0. The van der Waals surface area contributed by atoms with Crippen molar-refractivity contribution >= 4 is 43.5 Å². The van der Waals surface area contributed by atoms with Crippen LogP contribution in [-0.2, 0) is 0 Å². The van der Waals surface area contributed by atoms with E-state index in [2.05, 4.69) is 115 Å². The van der Waals surface area contributed by atoms with Gasteiger partial charge in [0.1, 0.15) is 11.2 Å². The first-order chi connectivity index (χ1) is 25.2. The Hall–Kier alpha value is -6.91. The second kappa shape index (κ2) is 11.9. The molecule has 0 aliphatic rings. The number of benzene rings is 8. The SMILES string of the molecule is c1ccc(-c2nc(-c3ccccc3)nc(-c3ccc4c(c3)oc3cc5ccccc5c(-c5ccc(-c6ccc7ccccc7c6)cc5)c34)n2)cc1. The van der Waals surface area contributed by atoms with Crippen molar-refractivity contribution < 1.29 is 4.42 Å². The first kappa shape index (κ1) is 29.0. The van der Waals surface area contributed by atoms with Gasteiger partial charge in [-0.1, -0.05) is 152 Å². The summed E-state index contributed by atoms with van der Waals surface area (Å²) in [5.41, 5.74) is 9.07. The summed E-state index contributed by atoms with van der Waals surface area (Å²) < 4.78 is 6.68. The largest absolute Gasteiger partial charge is 0.456 e. The van der Waals surface area contributed by atoms with Crippen LogP contribution in [0.2, 0.25) is 0 Å². The molecule has 4 nitrogen and oxygen atoms in total. The normalized spacial score (nSPS) is 11.5. The minimum Gasteiger partial charge on any atom is -0.456 e. The van der Waals surface area contributed by atoms with Crippen molar-refractivity contribution in [1.82, 2.24) is 15.0 Å². The summed E-state index contributed by atoms with van der Waals surface area (Å²) in [7, 11) is 0. The molecule has 10 aromatic rings. The van der Waals surface area contributed by atoms with Crippen molar-refractivity contribution in [2.24, 2.45) is 0 Å².